The Morgan fingerprint density at radius 3 is 2.75 bits per heavy atom. The van der Waals surface area contributed by atoms with Gasteiger partial charge in [0, 0.05) is 24.7 Å². The fourth-order valence-corrected chi connectivity index (χ4v) is 5.93. The summed E-state index contributed by atoms with van der Waals surface area (Å²) in [5.74, 6) is 0.419. The Hall–Kier alpha value is -4.37. The number of hydrogen-bond acceptors (Lipinski definition) is 8. The van der Waals surface area contributed by atoms with E-state index in [1.165, 1.54) is 21.1 Å². The lowest BCUT2D eigenvalue weighted by Gasteiger charge is -2.33. The minimum Gasteiger partial charge on any atom is -0.465 e. The summed E-state index contributed by atoms with van der Waals surface area (Å²) in [5, 5.41) is 28.6. The molecule has 1 fully saturated rings. The maximum atomic E-state index is 13.9. The number of nitrogens with zero attached hydrogens (tertiary/aromatic N) is 6. The van der Waals surface area contributed by atoms with Gasteiger partial charge in [-0.15, -0.1) is 11.3 Å². The van der Waals surface area contributed by atoms with E-state index < -0.39 is 17.8 Å². The molecule has 4 heterocycles. The summed E-state index contributed by atoms with van der Waals surface area (Å²) < 4.78 is 8.37. The molecular formula is C28H31N7O4S. The molecule has 1 aliphatic rings. The first-order valence-corrected chi connectivity index (χ1v) is 13.8. The number of ether oxygens (including phenoxy) is 1. The number of thiazole rings is 1. The van der Waals surface area contributed by atoms with Crippen molar-refractivity contribution in [3.05, 3.63) is 46.6 Å². The fourth-order valence-electron chi connectivity index (χ4n) is 5.07. The monoisotopic (exact) mass is 561 g/mol. The summed E-state index contributed by atoms with van der Waals surface area (Å²) in [5.41, 5.74) is 2.64. The predicted octanol–water partition coefficient (Wildman–Crippen LogP) is 6.06. The Bertz CT molecular complexity index is 1660. The van der Waals surface area contributed by atoms with E-state index in [-0.39, 0.29) is 12.6 Å². The van der Waals surface area contributed by atoms with Crippen LogP contribution in [0.5, 0.6) is 0 Å². The molecule has 0 spiro atoms. The number of hydrogen-bond donors (Lipinski definition) is 2. The number of piperidine rings is 1. The van der Waals surface area contributed by atoms with E-state index in [9.17, 15) is 20.0 Å². The summed E-state index contributed by atoms with van der Waals surface area (Å²) in [6.07, 6.45) is 1.45. The van der Waals surface area contributed by atoms with Crippen LogP contribution in [0.25, 0.3) is 15.7 Å². The molecule has 208 valence electrons. The number of pyridine rings is 1. The van der Waals surface area contributed by atoms with Crippen LogP contribution in [-0.4, -0.2) is 61.5 Å². The van der Waals surface area contributed by atoms with Gasteiger partial charge in [-0.3, -0.25) is 0 Å². The number of aryl methyl sites for hydroxylation is 1. The minimum absolute atomic E-state index is 0.208. The Morgan fingerprint density at radius 2 is 2.05 bits per heavy atom. The van der Waals surface area contributed by atoms with E-state index in [4.69, 9.17) is 4.74 Å². The lowest BCUT2D eigenvalue weighted by molar-refractivity contribution is 0.0597. The molecule has 11 nitrogen and oxygen atoms in total. The van der Waals surface area contributed by atoms with Crippen LogP contribution in [0.3, 0.4) is 0 Å². The van der Waals surface area contributed by atoms with Crippen molar-refractivity contribution in [2.24, 2.45) is 0 Å². The van der Waals surface area contributed by atoms with Crippen molar-refractivity contribution in [3.63, 3.8) is 0 Å². The molecule has 0 bridgehead atoms. The smallest absolute Gasteiger partial charge is 0.420 e. The maximum Gasteiger partial charge on any atom is 0.420 e. The summed E-state index contributed by atoms with van der Waals surface area (Å²) in [6, 6.07) is 9.39. The number of carboxylic acid groups (broad SMARTS) is 1. The second kappa shape index (κ2) is 10.3. The van der Waals surface area contributed by atoms with Crippen LogP contribution in [0, 0.1) is 25.2 Å². The van der Waals surface area contributed by atoms with Crippen LogP contribution in [0.2, 0.25) is 0 Å². The number of carbonyl (C=O) groups excluding carboxylic acids is 1. The highest BCUT2D eigenvalue weighted by Gasteiger charge is 2.32. The molecule has 0 aliphatic carbocycles. The molecule has 40 heavy (non-hydrogen) atoms. The zero-order valence-electron chi connectivity index (χ0n) is 23.1. The molecule has 2 N–H and O–H groups in total. The van der Waals surface area contributed by atoms with Crippen LogP contribution in [-0.2, 0) is 4.74 Å². The van der Waals surface area contributed by atoms with E-state index in [1.807, 2.05) is 32.0 Å². The van der Waals surface area contributed by atoms with Crippen LogP contribution < -0.4 is 10.2 Å². The largest absolute Gasteiger partial charge is 0.465 e. The van der Waals surface area contributed by atoms with E-state index in [0.717, 1.165) is 21.6 Å². The number of carbonyl (C=O) groups is 2. The first-order valence-electron chi connectivity index (χ1n) is 13.0. The number of rotatable bonds is 4. The molecule has 5 rings (SSSR count). The van der Waals surface area contributed by atoms with Crippen LogP contribution in [0.4, 0.5) is 26.8 Å². The van der Waals surface area contributed by atoms with Gasteiger partial charge in [-0.1, -0.05) is 0 Å². The quantitative estimate of drug-likeness (QED) is 0.307. The van der Waals surface area contributed by atoms with E-state index >= 15 is 0 Å². The minimum atomic E-state index is -0.972. The van der Waals surface area contributed by atoms with Gasteiger partial charge in [0.15, 0.2) is 0 Å². The van der Waals surface area contributed by atoms with Gasteiger partial charge < -0.3 is 20.1 Å². The topological polar surface area (TPSA) is 136 Å². The van der Waals surface area contributed by atoms with Crippen molar-refractivity contribution in [1.29, 1.82) is 5.26 Å². The van der Waals surface area contributed by atoms with Gasteiger partial charge in [0.1, 0.15) is 23.1 Å². The van der Waals surface area contributed by atoms with Gasteiger partial charge in [-0.2, -0.15) is 10.4 Å². The molecular weight excluding hydrogens is 530 g/mol. The van der Waals surface area contributed by atoms with Crippen molar-refractivity contribution in [1.82, 2.24) is 19.5 Å². The molecule has 0 unspecified atom stereocenters. The standard InChI is InChI=1S/C28H31N7O4S/c1-16-24(32-18-7-6-12-33(15-18)26(36)37)20(14-29)22-10-11-30-35(22)25(16)34(27(38)39-28(3,4)5)19-8-9-21-23(13-19)40-17(2)31-21/h8-11,13,18,32H,6-7,12,15H2,1-5H3,(H,36,37)/t18-/m0/s1. The molecule has 1 aliphatic heterocycles. The van der Waals surface area contributed by atoms with Crippen LogP contribution in [0.1, 0.15) is 49.7 Å². The number of aromatic nitrogens is 3. The zero-order chi connectivity index (χ0) is 28.8. The fraction of sp³-hybridized carbons (Fsp3) is 0.393. The summed E-state index contributed by atoms with van der Waals surface area (Å²) in [6.45, 7) is 9.93. The van der Waals surface area contributed by atoms with Crippen molar-refractivity contribution in [2.75, 3.05) is 23.3 Å². The van der Waals surface area contributed by atoms with Gasteiger partial charge in [0.05, 0.1) is 38.3 Å². The summed E-state index contributed by atoms with van der Waals surface area (Å²) in [4.78, 5) is 32.9. The maximum absolute atomic E-state index is 13.9. The highest BCUT2D eigenvalue weighted by Crippen LogP contribution is 2.39. The number of fused-ring (bicyclic) bond motifs is 2. The van der Waals surface area contributed by atoms with Crippen molar-refractivity contribution in [2.45, 2.75) is 59.1 Å². The lowest BCUT2D eigenvalue weighted by atomic mass is 10.0. The number of nitriles is 1. The zero-order valence-corrected chi connectivity index (χ0v) is 23.9. The van der Waals surface area contributed by atoms with Gasteiger partial charge >= 0.3 is 12.2 Å². The normalized spacial score (nSPS) is 15.7. The Balaban J connectivity index is 1.70. The van der Waals surface area contributed by atoms with Gasteiger partial charge in [-0.25, -0.2) is 24.0 Å². The second-order valence-corrected chi connectivity index (χ2v) is 12.1. The number of anilines is 3. The van der Waals surface area contributed by atoms with Crippen LogP contribution in [0.15, 0.2) is 30.5 Å². The molecule has 1 aromatic carbocycles. The molecule has 1 atom stereocenters. The SMILES string of the molecule is Cc1nc2ccc(N(C(=O)OC(C)(C)C)c3c(C)c(N[C@H]4CCCN(C(=O)O)C4)c(C#N)c4ccnn34)cc2s1. The Kier molecular flexibility index (Phi) is 7.01. The molecule has 3 aromatic heterocycles. The van der Waals surface area contributed by atoms with Crippen LogP contribution >= 0.6 is 11.3 Å². The number of nitrogens with one attached hydrogen (secondary N) is 1. The van der Waals surface area contributed by atoms with Crippen molar-refractivity contribution >= 4 is 56.4 Å². The van der Waals surface area contributed by atoms with Crippen molar-refractivity contribution < 1.29 is 19.4 Å². The Labute approximate surface area is 235 Å². The predicted molar refractivity (Wildman–Crippen MR) is 154 cm³/mol. The van der Waals surface area contributed by atoms with E-state index in [2.05, 4.69) is 21.5 Å². The summed E-state index contributed by atoms with van der Waals surface area (Å²) >= 11 is 1.53. The highest BCUT2D eigenvalue weighted by atomic mass is 32.1. The molecule has 2 amide bonds. The third kappa shape index (κ3) is 5.12. The van der Waals surface area contributed by atoms with Gasteiger partial charge in [0.25, 0.3) is 0 Å². The highest BCUT2D eigenvalue weighted by molar-refractivity contribution is 7.18. The third-order valence-corrected chi connectivity index (χ3v) is 7.67. The molecule has 0 radical (unpaired) electrons. The molecule has 0 saturated carbocycles. The Morgan fingerprint density at radius 1 is 1.27 bits per heavy atom. The average Bonchev–Trinajstić information content (AvgIpc) is 3.51. The number of likely N-dealkylation sites (tertiary alicyclic amines) is 1. The molecule has 4 aromatic rings. The average molecular weight is 562 g/mol. The number of amides is 2. The van der Waals surface area contributed by atoms with Gasteiger partial charge in [0.2, 0.25) is 0 Å². The third-order valence-electron chi connectivity index (χ3n) is 6.74. The first kappa shape index (κ1) is 27.2. The molecule has 1 saturated heterocycles. The first-order chi connectivity index (χ1) is 19.0. The van der Waals surface area contributed by atoms with E-state index in [0.29, 0.717) is 46.8 Å². The lowest BCUT2D eigenvalue weighted by Crippen LogP contribution is -2.44. The number of benzene rings is 1. The molecule has 12 heteroatoms. The van der Waals surface area contributed by atoms with Gasteiger partial charge in [-0.05, 0) is 71.7 Å². The summed E-state index contributed by atoms with van der Waals surface area (Å²) in [7, 11) is 0. The van der Waals surface area contributed by atoms with E-state index in [1.54, 1.807) is 37.5 Å². The second-order valence-electron chi connectivity index (χ2n) is 10.9. The van der Waals surface area contributed by atoms with Crippen molar-refractivity contribution in [3.8, 4) is 6.07 Å².